The molecule has 0 unspecified atom stereocenters. The molecule has 1 aliphatic heterocycles. The second kappa shape index (κ2) is 7.60. The number of rotatable bonds is 5. The van der Waals surface area contributed by atoms with Crippen molar-refractivity contribution in [2.24, 2.45) is 0 Å². The number of hydrogen-bond acceptors (Lipinski definition) is 7. The van der Waals surface area contributed by atoms with Crippen molar-refractivity contribution in [1.82, 2.24) is 15.0 Å². The summed E-state index contributed by atoms with van der Waals surface area (Å²) >= 11 is 1.05. The number of likely N-dealkylation sites (tertiary alicyclic amines) is 1. The number of nitrogens with one attached hydrogen (secondary N) is 1. The highest BCUT2D eigenvalue weighted by Crippen LogP contribution is 2.29. The third kappa shape index (κ3) is 4.18. The summed E-state index contributed by atoms with van der Waals surface area (Å²) in [6.45, 7) is 5.18. The first-order chi connectivity index (χ1) is 13.8. The maximum atomic E-state index is 12.7. The monoisotopic (exact) mass is 432 g/mol. The molecule has 8 nitrogen and oxygen atoms in total. The zero-order chi connectivity index (χ0) is 20.6. The highest BCUT2D eigenvalue weighted by Gasteiger charge is 2.26. The molecular weight excluding hydrogens is 412 g/mol. The standard InChI is InChI=1S/C19H20N4O4S2/c1-12-7-13(2)9-15(8-12)22-29(25,26)16-10-14(11-28-16)17-20-18(27-21-17)19(24)23-5-3-4-6-23/h7-11,22H,3-6H2,1-2H3. The Balaban J connectivity index is 1.54. The number of sulfonamides is 1. The molecule has 0 atom stereocenters. The lowest BCUT2D eigenvalue weighted by Gasteiger charge is -2.10. The molecule has 29 heavy (non-hydrogen) atoms. The topological polar surface area (TPSA) is 105 Å². The van der Waals surface area contributed by atoms with E-state index in [-0.39, 0.29) is 21.8 Å². The number of hydrogen-bond donors (Lipinski definition) is 1. The second-order valence-corrected chi connectivity index (χ2v) is 9.88. The minimum absolute atomic E-state index is 0.0779. The van der Waals surface area contributed by atoms with E-state index < -0.39 is 10.0 Å². The highest BCUT2D eigenvalue weighted by molar-refractivity contribution is 7.94. The lowest BCUT2D eigenvalue weighted by Crippen LogP contribution is -2.27. The molecule has 0 spiro atoms. The molecular formula is C19H20N4O4S2. The summed E-state index contributed by atoms with van der Waals surface area (Å²) in [5, 5.41) is 5.47. The van der Waals surface area contributed by atoms with E-state index in [4.69, 9.17) is 4.52 Å². The third-order valence-corrected chi connectivity index (χ3v) is 7.40. The molecule has 1 aliphatic rings. The van der Waals surface area contributed by atoms with E-state index in [1.54, 1.807) is 22.4 Å². The second-order valence-electron chi connectivity index (χ2n) is 7.06. The van der Waals surface area contributed by atoms with Gasteiger partial charge in [0, 0.05) is 29.7 Å². The molecule has 1 amide bonds. The summed E-state index contributed by atoms with van der Waals surface area (Å²) in [6, 6.07) is 6.99. The van der Waals surface area contributed by atoms with Crippen LogP contribution in [-0.4, -0.2) is 42.5 Å². The smallest absolute Gasteiger partial charge is 0.316 e. The Hall–Kier alpha value is -2.72. The first-order valence-corrected chi connectivity index (χ1v) is 11.5. The SMILES string of the molecule is Cc1cc(C)cc(NS(=O)(=O)c2cc(-c3noc(C(=O)N4CCCC4)n3)cs2)c1. The van der Waals surface area contributed by atoms with Gasteiger partial charge >= 0.3 is 11.8 Å². The average molecular weight is 433 g/mol. The van der Waals surface area contributed by atoms with Gasteiger partial charge < -0.3 is 9.42 Å². The molecule has 10 heteroatoms. The van der Waals surface area contributed by atoms with Crippen molar-refractivity contribution < 1.29 is 17.7 Å². The molecule has 0 aliphatic carbocycles. The molecule has 0 bridgehead atoms. The van der Waals surface area contributed by atoms with Crippen LogP contribution in [0.15, 0.2) is 38.4 Å². The van der Waals surface area contributed by atoms with Crippen LogP contribution in [0.5, 0.6) is 0 Å². The minimum atomic E-state index is -3.75. The van der Waals surface area contributed by atoms with Gasteiger partial charge in [-0.25, -0.2) is 8.42 Å². The van der Waals surface area contributed by atoms with E-state index in [0.717, 1.165) is 35.3 Å². The van der Waals surface area contributed by atoms with Crippen LogP contribution in [0.1, 0.15) is 34.7 Å². The Labute approximate surface area is 172 Å². The van der Waals surface area contributed by atoms with E-state index in [2.05, 4.69) is 14.9 Å². The molecule has 1 N–H and O–H groups in total. The number of aryl methyl sites for hydroxylation is 2. The van der Waals surface area contributed by atoms with E-state index >= 15 is 0 Å². The van der Waals surface area contributed by atoms with Gasteiger partial charge in [0.25, 0.3) is 10.0 Å². The predicted octanol–water partition coefficient (Wildman–Crippen LogP) is 3.45. The number of anilines is 1. The fourth-order valence-electron chi connectivity index (χ4n) is 3.30. The zero-order valence-corrected chi connectivity index (χ0v) is 17.6. The largest absolute Gasteiger partial charge is 0.334 e. The minimum Gasteiger partial charge on any atom is -0.334 e. The fourth-order valence-corrected chi connectivity index (χ4v) is 5.50. The highest BCUT2D eigenvalue weighted by atomic mass is 32.2. The van der Waals surface area contributed by atoms with Crippen LogP contribution >= 0.6 is 11.3 Å². The van der Waals surface area contributed by atoms with E-state index in [1.807, 2.05) is 19.9 Å². The number of thiophene rings is 1. The Bertz CT molecular complexity index is 1140. The Morgan fingerprint density at radius 3 is 2.52 bits per heavy atom. The van der Waals surface area contributed by atoms with Crippen LogP contribution in [0.4, 0.5) is 5.69 Å². The van der Waals surface area contributed by atoms with Crippen molar-refractivity contribution in [2.45, 2.75) is 30.9 Å². The third-order valence-electron chi connectivity index (χ3n) is 4.57. The molecule has 1 saturated heterocycles. The van der Waals surface area contributed by atoms with Crippen molar-refractivity contribution >= 4 is 33.0 Å². The van der Waals surface area contributed by atoms with Gasteiger partial charge in [-0.05, 0) is 56.0 Å². The quantitative estimate of drug-likeness (QED) is 0.662. The fraction of sp³-hybridized carbons (Fsp3) is 0.316. The Kier molecular flexibility index (Phi) is 5.13. The Morgan fingerprint density at radius 2 is 1.83 bits per heavy atom. The molecule has 0 saturated carbocycles. The van der Waals surface area contributed by atoms with Gasteiger partial charge in [0.2, 0.25) is 5.82 Å². The molecule has 3 aromatic rings. The summed E-state index contributed by atoms with van der Waals surface area (Å²) in [6.07, 6.45) is 1.93. The van der Waals surface area contributed by atoms with Crippen LogP contribution < -0.4 is 4.72 Å². The molecule has 3 heterocycles. The lowest BCUT2D eigenvalue weighted by molar-refractivity contribution is 0.0743. The van der Waals surface area contributed by atoms with E-state index in [0.29, 0.717) is 24.3 Å². The maximum Gasteiger partial charge on any atom is 0.316 e. The molecule has 1 fully saturated rings. The van der Waals surface area contributed by atoms with Gasteiger partial charge in [0.1, 0.15) is 4.21 Å². The van der Waals surface area contributed by atoms with Crippen LogP contribution in [0.3, 0.4) is 0 Å². The van der Waals surface area contributed by atoms with Crippen molar-refractivity contribution in [3.63, 3.8) is 0 Å². The van der Waals surface area contributed by atoms with Crippen LogP contribution in [0, 0.1) is 13.8 Å². The van der Waals surface area contributed by atoms with Crippen LogP contribution in [0.2, 0.25) is 0 Å². The number of aromatic nitrogens is 2. The van der Waals surface area contributed by atoms with Gasteiger partial charge in [0.15, 0.2) is 0 Å². The van der Waals surface area contributed by atoms with Crippen molar-refractivity contribution in [1.29, 1.82) is 0 Å². The van der Waals surface area contributed by atoms with Gasteiger partial charge in [-0.1, -0.05) is 11.2 Å². The summed E-state index contributed by atoms with van der Waals surface area (Å²) in [5.41, 5.74) is 2.93. The molecule has 152 valence electrons. The van der Waals surface area contributed by atoms with Crippen molar-refractivity contribution in [3.8, 4) is 11.4 Å². The molecule has 2 aromatic heterocycles. The molecule has 1 aromatic carbocycles. The molecule has 0 radical (unpaired) electrons. The van der Waals surface area contributed by atoms with Gasteiger partial charge in [-0.3, -0.25) is 9.52 Å². The molecule has 4 rings (SSSR count). The number of nitrogens with zero attached hydrogens (tertiary/aromatic N) is 3. The van der Waals surface area contributed by atoms with E-state index in [9.17, 15) is 13.2 Å². The number of benzene rings is 1. The lowest BCUT2D eigenvalue weighted by atomic mass is 10.1. The zero-order valence-electron chi connectivity index (χ0n) is 16.0. The maximum absolute atomic E-state index is 12.7. The predicted molar refractivity (Wildman–Crippen MR) is 109 cm³/mol. The van der Waals surface area contributed by atoms with Crippen molar-refractivity contribution in [2.75, 3.05) is 17.8 Å². The number of carbonyl (C=O) groups is 1. The summed E-state index contributed by atoms with van der Waals surface area (Å²) in [7, 11) is -3.75. The first kappa shape index (κ1) is 19.6. The average Bonchev–Trinajstić information content (AvgIpc) is 3.39. The van der Waals surface area contributed by atoms with Gasteiger partial charge in [0.05, 0.1) is 0 Å². The Morgan fingerprint density at radius 1 is 1.14 bits per heavy atom. The van der Waals surface area contributed by atoms with Crippen LogP contribution in [0.25, 0.3) is 11.4 Å². The summed E-state index contributed by atoms with van der Waals surface area (Å²) < 4.78 is 33.3. The summed E-state index contributed by atoms with van der Waals surface area (Å²) in [5.74, 6) is -0.177. The first-order valence-electron chi connectivity index (χ1n) is 9.15. The normalized spacial score (nSPS) is 14.3. The summed E-state index contributed by atoms with van der Waals surface area (Å²) in [4.78, 5) is 18.2. The van der Waals surface area contributed by atoms with Gasteiger partial charge in [-0.2, -0.15) is 4.98 Å². The van der Waals surface area contributed by atoms with Crippen molar-refractivity contribution in [3.05, 3.63) is 46.7 Å². The van der Waals surface area contributed by atoms with Crippen LogP contribution in [-0.2, 0) is 10.0 Å². The van der Waals surface area contributed by atoms with E-state index in [1.165, 1.54) is 6.07 Å². The van der Waals surface area contributed by atoms with Gasteiger partial charge in [-0.15, -0.1) is 11.3 Å². The number of carbonyl (C=O) groups excluding carboxylic acids is 1. The number of amides is 1.